The highest BCUT2D eigenvalue weighted by atomic mass is 16.5. The minimum atomic E-state index is -0.331. The molecular weight excluding hydrogens is 300 g/mol. The van der Waals surface area contributed by atoms with E-state index in [9.17, 15) is 9.90 Å². The predicted octanol–water partition coefficient (Wildman–Crippen LogP) is 4.52. The molecule has 0 unspecified atom stereocenters. The minimum Gasteiger partial charge on any atom is -0.462 e. The number of hydrogen-bond donors (Lipinski definition) is 1. The number of carbonyl (C=O) groups is 1. The van der Waals surface area contributed by atoms with Gasteiger partial charge in [0.1, 0.15) is 0 Å². The zero-order valence-electron chi connectivity index (χ0n) is 15.0. The van der Waals surface area contributed by atoms with Crippen LogP contribution in [0.3, 0.4) is 0 Å². The summed E-state index contributed by atoms with van der Waals surface area (Å²) < 4.78 is 5.16. The van der Waals surface area contributed by atoms with Crippen LogP contribution in [0.4, 0.5) is 0 Å². The Morgan fingerprint density at radius 1 is 1.25 bits per heavy atom. The Hall–Kier alpha value is -1.61. The lowest BCUT2D eigenvalue weighted by atomic mass is 9.79. The average Bonchev–Trinajstić information content (AvgIpc) is 2.59. The van der Waals surface area contributed by atoms with Gasteiger partial charge in [-0.3, -0.25) is 0 Å². The molecule has 24 heavy (non-hydrogen) atoms. The Kier molecular flexibility index (Phi) is 7.04. The molecule has 1 aliphatic rings. The summed E-state index contributed by atoms with van der Waals surface area (Å²) in [4.78, 5) is 11.4. The second-order valence-corrected chi connectivity index (χ2v) is 7.16. The van der Waals surface area contributed by atoms with Gasteiger partial charge in [0.2, 0.25) is 0 Å². The summed E-state index contributed by atoms with van der Waals surface area (Å²) >= 11 is 0. The standard InChI is InChI=1S/C21H30O3/c1-15(2)21(23)24-12-4-5-18-13-19(10-11-20(18)14-22)17-8-6-16(3)7-9-17/h10-11,13,16-17,22H,1,4-9,12,14H2,2-3H3. The van der Waals surface area contributed by atoms with Crippen LogP contribution < -0.4 is 0 Å². The predicted molar refractivity (Wildman–Crippen MR) is 96.8 cm³/mol. The van der Waals surface area contributed by atoms with E-state index in [0.717, 1.165) is 24.3 Å². The van der Waals surface area contributed by atoms with Gasteiger partial charge in [-0.25, -0.2) is 4.79 Å². The normalized spacial score (nSPS) is 20.6. The number of ether oxygens (including phenoxy) is 1. The van der Waals surface area contributed by atoms with Gasteiger partial charge in [0, 0.05) is 5.57 Å². The van der Waals surface area contributed by atoms with Crippen molar-refractivity contribution in [1.29, 1.82) is 0 Å². The summed E-state index contributed by atoms with van der Waals surface area (Å²) in [7, 11) is 0. The zero-order valence-corrected chi connectivity index (χ0v) is 15.0. The van der Waals surface area contributed by atoms with Crippen molar-refractivity contribution in [2.45, 2.75) is 64.9 Å². The fourth-order valence-corrected chi connectivity index (χ4v) is 3.43. The molecule has 3 nitrogen and oxygen atoms in total. The first-order valence-corrected chi connectivity index (χ1v) is 9.06. The van der Waals surface area contributed by atoms with Gasteiger partial charge in [0.05, 0.1) is 13.2 Å². The second kappa shape index (κ2) is 9.03. The molecule has 1 aromatic rings. The molecule has 132 valence electrons. The first-order valence-electron chi connectivity index (χ1n) is 9.06. The lowest BCUT2D eigenvalue weighted by Crippen LogP contribution is -2.12. The molecule has 1 aliphatic carbocycles. The highest BCUT2D eigenvalue weighted by molar-refractivity contribution is 5.86. The fourth-order valence-electron chi connectivity index (χ4n) is 3.43. The maximum atomic E-state index is 11.4. The fraction of sp³-hybridized carbons (Fsp3) is 0.571. The van der Waals surface area contributed by atoms with Crippen molar-refractivity contribution < 1.29 is 14.6 Å². The molecule has 0 atom stereocenters. The molecule has 0 bridgehead atoms. The van der Waals surface area contributed by atoms with E-state index in [4.69, 9.17) is 4.74 Å². The minimum absolute atomic E-state index is 0.0584. The van der Waals surface area contributed by atoms with Crippen LogP contribution >= 0.6 is 0 Å². The van der Waals surface area contributed by atoms with Crippen LogP contribution in [0, 0.1) is 5.92 Å². The Morgan fingerprint density at radius 2 is 1.96 bits per heavy atom. The molecule has 1 saturated carbocycles. The van der Waals surface area contributed by atoms with Gasteiger partial charge in [-0.15, -0.1) is 0 Å². The highest BCUT2D eigenvalue weighted by Gasteiger charge is 2.20. The molecule has 0 saturated heterocycles. The summed E-state index contributed by atoms with van der Waals surface area (Å²) in [5.74, 6) is 1.16. The van der Waals surface area contributed by atoms with Gasteiger partial charge in [-0.05, 0) is 61.1 Å². The largest absolute Gasteiger partial charge is 0.462 e. The summed E-state index contributed by atoms with van der Waals surface area (Å²) in [6.45, 7) is 8.02. The molecule has 3 heteroatoms. The Bertz CT molecular complexity index is 568. The molecule has 0 aromatic heterocycles. The smallest absolute Gasteiger partial charge is 0.333 e. The third-order valence-corrected chi connectivity index (χ3v) is 5.06. The molecule has 1 N–H and O–H groups in total. The van der Waals surface area contributed by atoms with Crippen molar-refractivity contribution >= 4 is 5.97 Å². The van der Waals surface area contributed by atoms with Crippen LogP contribution in [-0.4, -0.2) is 17.7 Å². The number of aliphatic hydroxyl groups excluding tert-OH is 1. The number of rotatable bonds is 7. The number of aryl methyl sites for hydroxylation is 1. The van der Waals surface area contributed by atoms with Crippen LogP contribution in [0.1, 0.15) is 68.6 Å². The van der Waals surface area contributed by atoms with Gasteiger partial charge in [-0.2, -0.15) is 0 Å². The molecule has 0 spiro atoms. The van der Waals surface area contributed by atoms with Crippen molar-refractivity contribution in [3.05, 3.63) is 47.0 Å². The van der Waals surface area contributed by atoms with E-state index in [1.165, 1.54) is 36.8 Å². The molecule has 1 fully saturated rings. The van der Waals surface area contributed by atoms with E-state index in [-0.39, 0.29) is 12.6 Å². The van der Waals surface area contributed by atoms with Crippen molar-refractivity contribution in [1.82, 2.24) is 0 Å². The van der Waals surface area contributed by atoms with E-state index in [1.807, 2.05) is 0 Å². The quantitative estimate of drug-likeness (QED) is 0.454. The Morgan fingerprint density at radius 3 is 2.58 bits per heavy atom. The molecule has 1 aromatic carbocycles. The summed E-state index contributed by atoms with van der Waals surface area (Å²) in [5, 5.41) is 9.57. The topological polar surface area (TPSA) is 46.5 Å². The van der Waals surface area contributed by atoms with Crippen LogP contribution in [-0.2, 0) is 22.6 Å². The molecule has 0 aliphatic heterocycles. The first-order chi connectivity index (χ1) is 11.5. The summed E-state index contributed by atoms with van der Waals surface area (Å²) in [6, 6.07) is 6.49. The molecule has 0 radical (unpaired) electrons. The van der Waals surface area contributed by atoms with Crippen molar-refractivity contribution in [3.8, 4) is 0 Å². The van der Waals surface area contributed by atoms with E-state index in [2.05, 4.69) is 31.7 Å². The monoisotopic (exact) mass is 330 g/mol. The summed E-state index contributed by atoms with van der Waals surface area (Å²) in [5.41, 5.74) is 3.99. The van der Waals surface area contributed by atoms with E-state index >= 15 is 0 Å². The maximum absolute atomic E-state index is 11.4. The zero-order chi connectivity index (χ0) is 17.5. The number of aliphatic hydroxyl groups is 1. The Balaban J connectivity index is 1.96. The van der Waals surface area contributed by atoms with Gasteiger partial charge < -0.3 is 9.84 Å². The van der Waals surface area contributed by atoms with Crippen molar-refractivity contribution in [2.75, 3.05) is 6.61 Å². The third kappa shape index (κ3) is 5.20. The van der Waals surface area contributed by atoms with Crippen LogP contribution in [0.25, 0.3) is 0 Å². The van der Waals surface area contributed by atoms with Gasteiger partial charge >= 0.3 is 5.97 Å². The van der Waals surface area contributed by atoms with E-state index < -0.39 is 0 Å². The van der Waals surface area contributed by atoms with Crippen LogP contribution in [0.2, 0.25) is 0 Å². The molecule has 2 rings (SSSR count). The lowest BCUT2D eigenvalue weighted by molar-refractivity contribution is -0.139. The van der Waals surface area contributed by atoms with Gasteiger partial charge in [0.25, 0.3) is 0 Å². The number of carbonyl (C=O) groups excluding carboxylic acids is 1. The SMILES string of the molecule is C=C(C)C(=O)OCCCc1cc(C2CCC(C)CC2)ccc1CO. The number of benzene rings is 1. The molecular formula is C21H30O3. The van der Waals surface area contributed by atoms with Crippen molar-refractivity contribution in [3.63, 3.8) is 0 Å². The molecule has 0 amide bonds. The van der Waals surface area contributed by atoms with Gasteiger partial charge in [-0.1, -0.05) is 44.5 Å². The number of hydrogen-bond acceptors (Lipinski definition) is 3. The third-order valence-electron chi connectivity index (χ3n) is 5.06. The van der Waals surface area contributed by atoms with Crippen molar-refractivity contribution in [2.24, 2.45) is 5.92 Å². The Labute approximate surface area is 145 Å². The van der Waals surface area contributed by atoms with Gasteiger partial charge in [0.15, 0.2) is 0 Å². The van der Waals surface area contributed by atoms with E-state index in [0.29, 0.717) is 18.1 Å². The second-order valence-electron chi connectivity index (χ2n) is 7.16. The summed E-state index contributed by atoms with van der Waals surface area (Å²) in [6.07, 6.45) is 6.70. The van der Waals surface area contributed by atoms with E-state index in [1.54, 1.807) is 6.92 Å². The number of esters is 1. The maximum Gasteiger partial charge on any atom is 0.333 e. The molecule has 0 heterocycles. The lowest BCUT2D eigenvalue weighted by Gasteiger charge is -2.27. The highest BCUT2D eigenvalue weighted by Crippen LogP contribution is 2.36. The first kappa shape index (κ1) is 18.7. The van der Waals surface area contributed by atoms with Crippen LogP contribution in [0.5, 0.6) is 0 Å². The average molecular weight is 330 g/mol. The van der Waals surface area contributed by atoms with Crippen LogP contribution in [0.15, 0.2) is 30.4 Å².